The van der Waals surface area contributed by atoms with E-state index in [0.717, 1.165) is 12.5 Å². The standard InChI is InChI=1S/C11H21N5O2SSi/c1-15-11(12-13-14-15)19(17,18)16-5-4-9-20(10-6-16)7-2-3-8-20/h2-10H2,1H3. The number of hydrogen-bond acceptors (Lipinski definition) is 5. The second kappa shape index (κ2) is 5.19. The van der Waals surface area contributed by atoms with Crippen molar-refractivity contribution in [2.75, 3.05) is 13.1 Å². The maximum absolute atomic E-state index is 12.6. The molecule has 2 aliphatic rings. The molecule has 112 valence electrons. The summed E-state index contributed by atoms with van der Waals surface area (Å²) in [5, 5.41) is 10.7. The van der Waals surface area contributed by atoms with Crippen LogP contribution in [0.5, 0.6) is 0 Å². The van der Waals surface area contributed by atoms with Gasteiger partial charge in [0.25, 0.3) is 15.2 Å². The molecule has 0 aromatic carbocycles. The smallest absolute Gasteiger partial charge is 0.218 e. The predicted octanol–water partition coefficient (Wildman–Crippen LogP) is 0.847. The summed E-state index contributed by atoms with van der Waals surface area (Å²) in [5.74, 6) is 0. The third-order valence-corrected chi connectivity index (χ3v) is 12.2. The molecule has 0 N–H and O–H groups in total. The molecule has 1 aromatic heterocycles. The fraction of sp³-hybridized carbons (Fsp3) is 0.909. The Bertz CT molecular complexity index is 581. The summed E-state index contributed by atoms with van der Waals surface area (Å²) in [7, 11) is -3.12. The Kier molecular flexibility index (Phi) is 3.67. The molecule has 0 radical (unpaired) electrons. The maximum Gasteiger partial charge on any atom is 0.282 e. The quantitative estimate of drug-likeness (QED) is 0.756. The molecule has 1 aromatic rings. The molecular weight excluding hydrogens is 294 g/mol. The Morgan fingerprint density at radius 3 is 2.40 bits per heavy atom. The van der Waals surface area contributed by atoms with Crippen molar-refractivity contribution in [1.82, 2.24) is 24.5 Å². The summed E-state index contributed by atoms with van der Waals surface area (Å²) < 4.78 is 28.0. The third-order valence-electron chi connectivity index (χ3n) is 4.82. The SMILES string of the molecule is Cn1nnnc1S(=O)(=O)N1CCC[Si]2(CCCC2)CC1. The van der Waals surface area contributed by atoms with Gasteiger partial charge in [0, 0.05) is 20.1 Å². The zero-order chi connectivity index (χ0) is 14.2. The minimum absolute atomic E-state index is 0.0402. The van der Waals surface area contributed by atoms with Crippen LogP contribution in [0.1, 0.15) is 19.3 Å². The fourth-order valence-corrected chi connectivity index (χ4v) is 10.4. The van der Waals surface area contributed by atoms with E-state index in [4.69, 9.17) is 0 Å². The summed E-state index contributed by atoms with van der Waals surface area (Å²) in [6.07, 6.45) is 3.70. The molecule has 0 aliphatic carbocycles. The highest BCUT2D eigenvalue weighted by Gasteiger charge is 2.40. The van der Waals surface area contributed by atoms with Gasteiger partial charge in [0.2, 0.25) is 0 Å². The van der Waals surface area contributed by atoms with Gasteiger partial charge in [0.05, 0.1) is 8.07 Å². The van der Waals surface area contributed by atoms with Gasteiger partial charge in [-0.05, 0) is 22.9 Å². The van der Waals surface area contributed by atoms with Gasteiger partial charge in [-0.2, -0.15) is 4.31 Å². The molecule has 0 saturated carbocycles. The third kappa shape index (κ3) is 2.42. The summed E-state index contributed by atoms with van der Waals surface area (Å²) in [4.78, 5) is 0. The summed E-state index contributed by atoms with van der Waals surface area (Å²) in [6.45, 7) is 1.27. The first-order chi connectivity index (χ1) is 9.54. The molecule has 3 rings (SSSR count). The lowest BCUT2D eigenvalue weighted by Gasteiger charge is -2.24. The summed E-state index contributed by atoms with van der Waals surface area (Å²) in [5.41, 5.74) is 0. The molecule has 0 unspecified atom stereocenters. The maximum atomic E-state index is 12.6. The van der Waals surface area contributed by atoms with E-state index in [1.165, 1.54) is 35.7 Å². The van der Waals surface area contributed by atoms with Gasteiger partial charge in [-0.25, -0.2) is 13.1 Å². The van der Waals surface area contributed by atoms with Crippen LogP contribution in [0.3, 0.4) is 0 Å². The van der Waals surface area contributed by atoms with Crippen LogP contribution in [-0.4, -0.2) is 54.1 Å². The van der Waals surface area contributed by atoms with Crippen molar-refractivity contribution in [3.8, 4) is 0 Å². The van der Waals surface area contributed by atoms with Gasteiger partial charge in [-0.15, -0.1) is 0 Å². The van der Waals surface area contributed by atoms with Crippen molar-refractivity contribution in [1.29, 1.82) is 0 Å². The molecule has 20 heavy (non-hydrogen) atoms. The topological polar surface area (TPSA) is 81.0 Å². The molecule has 2 aliphatic heterocycles. The minimum atomic E-state index is -3.54. The number of nitrogens with zero attached hydrogens (tertiary/aromatic N) is 5. The van der Waals surface area contributed by atoms with Gasteiger partial charge in [0.1, 0.15) is 0 Å². The van der Waals surface area contributed by atoms with Crippen LogP contribution < -0.4 is 0 Å². The number of sulfonamides is 1. The Hall–Kier alpha value is -0.803. The van der Waals surface area contributed by atoms with Gasteiger partial charge < -0.3 is 0 Å². The molecule has 7 nitrogen and oxygen atoms in total. The molecule has 0 bridgehead atoms. The summed E-state index contributed by atoms with van der Waals surface area (Å²) >= 11 is 0. The van der Waals surface area contributed by atoms with Crippen LogP contribution >= 0.6 is 0 Å². The highest BCUT2D eigenvalue weighted by Crippen LogP contribution is 2.39. The summed E-state index contributed by atoms with van der Waals surface area (Å²) in [6, 6.07) is 5.19. The lowest BCUT2D eigenvalue weighted by molar-refractivity contribution is 0.423. The molecule has 0 atom stereocenters. The number of tetrazole rings is 1. The average molecular weight is 315 g/mol. The highest BCUT2D eigenvalue weighted by molar-refractivity contribution is 7.89. The van der Waals surface area contributed by atoms with E-state index in [-0.39, 0.29) is 5.16 Å². The lowest BCUT2D eigenvalue weighted by atomic mass is 10.4. The normalized spacial score (nSPS) is 24.1. The van der Waals surface area contributed by atoms with Gasteiger partial charge in [-0.1, -0.05) is 36.1 Å². The minimum Gasteiger partial charge on any atom is -0.218 e. The second-order valence-electron chi connectivity index (χ2n) is 6.05. The Labute approximate surface area is 120 Å². The Morgan fingerprint density at radius 2 is 1.75 bits per heavy atom. The van der Waals surface area contributed by atoms with E-state index in [1.807, 2.05) is 0 Å². The van der Waals surface area contributed by atoms with Crippen molar-refractivity contribution in [3.05, 3.63) is 0 Å². The second-order valence-corrected chi connectivity index (χ2v) is 12.9. The molecule has 2 saturated heterocycles. The van der Waals surface area contributed by atoms with E-state index in [2.05, 4.69) is 15.5 Å². The van der Waals surface area contributed by atoms with Gasteiger partial charge >= 0.3 is 0 Å². The Balaban J connectivity index is 1.80. The van der Waals surface area contributed by atoms with Crippen molar-refractivity contribution in [3.63, 3.8) is 0 Å². The van der Waals surface area contributed by atoms with E-state index >= 15 is 0 Å². The van der Waals surface area contributed by atoms with E-state index in [9.17, 15) is 8.42 Å². The van der Waals surface area contributed by atoms with E-state index in [1.54, 1.807) is 11.4 Å². The van der Waals surface area contributed by atoms with Crippen LogP contribution in [0.15, 0.2) is 5.16 Å². The van der Waals surface area contributed by atoms with Crippen molar-refractivity contribution in [2.45, 2.75) is 48.6 Å². The lowest BCUT2D eigenvalue weighted by Crippen LogP contribution is -2.36. The van der Waals surface area contributed by atoms with Crippen molar-refractivity contribution < 1.29 is 8.42 Å². The molecule has 3 heterocycles. The van der Waals surface area contributed by atoms with Crippen LogP contribution in [0, 0.1) is 0 Å². The van der Waals surface area contributed by atoms with Crippen LogP contribution in [0.2, 0.25) is 24.2 Å². The number of rotatable bonds is 2. The molecule has 9 heteroatoms. The predicted molar refractivity (Wildman–Crippen MR) is 76.4 cm³/mol. The zero-order valence-electron chi connectivity index (χ0n) is 11.8. The first kappa shape index (κ1) is 14.1. The van der Waals surface area contributed by atoms with Crippen LogP contribution in [0.4, 0.5) is 0 Å². The molecule has 0 amide bonds. The number of aryl methyl sites for hydroxylation is 1. The monoisotopic (exact) mass is 315 g/mol. The van der Waals surface area contributed by atoms with E-state index in [0.29, 0.717) is 13.1 Å². The van der Waals surface area contributed by atoms with Crippen molar-refractivity contribution >= 4 is 18.1 Å². The first-order valence-corrected chi connectivity index (χ1v) is 11.5. The molecule has 1 spiro atoms. The van der Waals surface area contributed by atoms with Crippen molar-refractivity contribution in [2.24, 2.45) is 7.05 Å². The fourth-order valence-electron chi connectivity index (χ4n) is 3.65. The van der Waals surface area contributed by atoms with Crippen LogP contribution in [0.25, 0.3) is 0 Å². The molecular formula is C11H21N5O2SSi. The highest BCUT2D eigenvalue weighted by atomic mass is 32.2. The van der Waals surface area contributed by atoms with Crippen LogP contribution in [-0.2, 0) is 17.1 Å². The number of aromatic nitrogens is 4. The number of hydrogen-bond donors (Lipinski definition) is 0. The Morgan fingerprint density at radius 1 is 1.05 bits per heavy atom. The average Bonchev–Trinajstić information content (AvgIpc) is 2.96. The first-order valence-electron chi connectivity index (χ1n) is 7.26. The van der Waals surface area contributed by atoms with E-state index < -0.39 is 18.1 Å². The molecule has 2 fully saturated rings. The largest absolute Gasteiger partial charge is 0.282 e. The van der Waals surface area contributed by atoms with Gasteiger partial charge in [0.15, 0.2) is 0 Å². The zero-order valence-corrected chi connectivity index (χ0v) is 13.6. The van der Waals surface area contributed by atoms with Gasteiger partial charge in [-0.3, -0.25) is 0 Å².